The van der Waals surface area contributed by atoms with Crippen molar-refractivity contribution in [2.45, 2.75) is 33.2 Å². The Morgan fingerprint density at radius 1 is 0.926 bits per heavy atom. The minimum absolute atomic E-state index is 0.00555. The van der Waals surface area contributed by atoms with Gasteiger partial charge in [-0.1, -0.05) is 38.1 Å². The third-order valence-electron chi connectivity index (χ3n) is 4.28. The number of hydrogen-bond acceptors (Lipinski definition) is 3. The molecule has 0 aliphatic rings. The normalized spacial score (nSPS) is 12.1. The van der Waals surface area contributed by atoms with Gasteiger partial charge >= 0.3 is 0 Å². The molecule has 0 saturated carbocycles. The van der Waals surface area contributed by atoms with E-state index in [1.165, 1.54) is 0 Å². The first-order chi connectivity index (χ1) is 12.8. The predicted molar refractivity (Wildman–Crippen MR) is 111 cm³/mol. The number of carbonyl (C=O) groups excluding carboxylic acids is 2. The maximum Gasteiger partial charge on any atom is 0.246 e. The highest BCUT2D eigenvalue weighted by Gasteiger charge is 2.24. The Kier molecular flexibility index (Phi) is 7.13. The number of nitrogens with one attached hydrogen (secondary N) is 2. The summed E-state index contributed by atoms with van der Waals surface area (Å²) in [5.74, 6) is 0.216. The summed E-state index contributed by atoms with van der Waals surface area (Å²) in [6, 6.07) is 14.7. The molecule has 0 spiro atoms. The van der Waals surface area contributed by atoms with E-state index in [0.717, 1.165) is 16.8 Å². The molecule has 2 aromatic carbocycles. The lowest BCUT2D eigenvalue weighted by atomic mass is 10.00. The lowest BCUT2D eigenvalue weighted by Crippen LogP contribution is -2.32. The van der Waals surface area contributed by atoms with Crippen LogP contribution in [0.2, 0.25) is 0 Å². The summed E-state index contributed by atoms with van der Waals surface area (Å²) >= 11 is 0. The average molecular weight is 367 g/mol. The van der Waals surface area contributed by atoms with Crippen LogP contribution in [0.5, 0.6) is 0 Å². The molecule has 2 N–H and O–H groups in total. The van der Waals surface area contributed by atoms with Crippen molar-refractivity contribution < 1.29 is 9.59 Å². The Balaban J connectivity index is 2.08. The summed E-state index contributed by atoms with van der Waals surface area (Å²) in [7, 11) is 3.79. The standard InChI is InChI=1S/C22H29N3O2/c1-15(2)14-20(26)23-17-10-12-18(13-11-17)24-22(27)21(25(4)5)19-9-7-6-8-16(19)3/h6-13,15,21H,14H2,1-5H3,(H,23,26)(H,24,27). The number of likely N-dealkylation sites (N-methyl/N-ethyl adjacent to an activating group) is 1. The van der Waals surface area contributed by atoms with E-state index in [-0.39, 0.29) is 17.9 Å². The van der Waals surface area contributed by atoms with Gasteiger partial charge in [-0.15, -0.1) is 0 Å². The molecule has 2 aromatic rings. The van der Waals surface area contributed by atoms with Crippen LogP contribution in [0.15, 0.2) is 48.5 Å². The Bertz CT molecular complexity index is 782. The fourth-order valence-electron chi connectivity index (χ4n) is 2.98. The number of aryl methyl sites for hydroxylation is 1. The highest BCUT2D eigenvalue weighted by atomic mass is 16.2. The number of hydrogen-bond donors (Lipinski definition) is 2. The third kappa shape index (κ3) is 5.93. The molecule has 0 aliphatic carbocycles. The molecule has 1 unspecified atom stereocenters. The monoisotopic (exact) mass is 367 g/mol. The van der Waals surface area contributed by atoms with E-state index in [9.17, 15) is 9.59 Å². The van der Waals surface area contributed by atoms with Crippen LogP contribution >= 0.6 is 0 Å². The van der Waals surface area contributed by atoms with Crippen molar-refractivity contribution in [3.8, 4) is 0 Å². The zero-order valence-electron chi connectivity index (χ0n) is 16.7. The molecule has 1 atom stereocenters. The van der Waals surface area contributed by atoms with Gasteiger partial charge in [0.2, 0.25) is 11.8 Å². The van der Waals surface area contributed by atoms with Gasteiger partial charge in [0.05, 0.1) is 0 Å². The fraction of sp³-hybridized carbons (Fsp3) is 0.364. The van der Waals surface area contributed by atoms with E-state index in [1.807, 2.05) is 64.0 Å². The van der Waals surface area contributed by atoms with Gasteiger partial charge < -0.3 is 10.6 Å². The molecular weight excluding hydrogens is 338 g/mol. The topological polar surface area (TPSA) is 61.4 Å². The molecule has 2 rings (SSSR count). The van der Waals surface area contributed by atoms with Crippen molar-refractivity contribution in [2.75, 3.05) is 24.7 Å². The molecule has 0 radical (unpaired) electrons. The molecule has 5 nitrogen and oxygen atoms in total. The number of carbonyl (C=O) groups is 2. The third-order valence-corrected chi connectivity index (χ3v) is 4.28. The molecule has 2 amide bonds. The Morgan fingerprint density at radius 2 is 1.48 bits per heavy atom. The van der Waals surface area contributed by atoms with Crippen molar-refractivity contribution in [3.63, 3.8) is 0 Å². The minimum atomic E-state index is -0.378. The summed E-state index contributed by atoms with van der Waals surface area (Å²) in [5, 5.41) is 5.84. The number of anilines is 2. The maximum atomic E-state index is 12.9. The summed E-state index contributed by atoms with van der Waals surface area (Å²) in [4.78, 5) is 26.6. The molecule has 0 aliphatic heterocycles. The predicted octanol–water partition coefficient (Wildman–Crippen LogP) is 4.22. The Labute approximate surface area is 161 Å². The number of nitrogens with zero attached hydrogens (tertiary/aromatic N) is 1. The zero-order chi connectivity index (χ0) is 20.0. The van der Waals surface area contributed by atoms with Gasteiger partial charge in [0.25, 0.3) is 0 Å². The number of rotatable bonds is 7. The highest BCUT2D eigenvalue weighted by molar-refractivity contribution is 5.96. The first-order valence-electron chi connectivity index (χ1n) is 9.20. The molecule has 27 heavy (non-hydrogen) atoms. The van der Waals surface area contributed by atoms with Crippen LogP contribution in [0.4, 0.5) is 11.4 Å². The summed E-state index contributed by atoms with van der Waals surface area (Å²) in [6.07, 6.45) is 0.486. The molecule has 0 heterocycles. The molecule has 0 fully saturated rings. The second kappa shape index (κ2) is 9.33. The Hall–Kier alpha value is -2.66. The van der Waals surface area contributed by atoms with Crippen LogP contribution in [-0.4, -0.2) is 30.8 Å². The molecule has 5 heteroatoms. The van der Waals surface area contributed by atoms with Gasteiger partial charge in [0.1, 0.15) is 6.04 Å². The van der Waals surface area contributed by atoms with Crippen molar-refractivity contribution in [1.82, 2.24) is 4.90 Å². The van der Waals surface area contributed by atoms with Crippen molar-refractivity contribution in [2.24, 2.45) is 5.92 Å². The van der Waals surface area contributed by atoms with E-state index < -0.39 is 0 Å². The lowest BCUT2D eigenvalue weighted by Gasteiger charge is -2.25. The van der Waals surface area contributed by atoms with Crippen LogP contribution in [0.25, 0.3) is 0 Å². The summed E-state index contributed by atoms with van der Waals surface area (Å²) in [5.41, 5.74) is 3.48. The van der Waals surface area contributed by atoms with Crippen LogP contribution < -0.4 is 10.6 Å². The summed E-state index contributed by atoms with van der Waals surface area (Å²) < 4.78 is 0. The van der Waals surface area contributed by atoms with Gasteiger partial charge in [-0.3, -0.25) is 14.5 Å². The fourth-order valence-corrected chi connectivity index (χ4v) is 2.98. The van der Waals surface area contributed by atoms with E-state index in [4.69, 9.17) is 0 Å². The van der Waals surface area contributed by atoms with Gasteiger partial charge in [-0.25, -0.2) is 0 Å². The Morgan fingerprint density at radius 3 is 2.00 bits per heavy atom. The van der Waals surface area contributed by atoms with Gasteiger partial charge in [-0.2, -0.15) is 0 Å². The van der Waals surface area contributed by atoms with E-state index in [2.05, 4.69) is 10.6 Å². The zero-order valence-corrected chi connectivity index (χ0v) is 16.7. The van der Waals surface area contributed by atoms with Crippen LogP contribution in [0.1, 0.15) is 37.4 Å². The van der Waals surface area contributed by atoms with E-state index in [0.29, 0.717) is 18.0 Å². The quantitative estimate of drug-likeness (QED) is 0.770. The first kappa shape index (κ1) is 20.6. The SMILES string of the molecule is Cc1ccccc1C(C(=O)Nc1ccc(NC(=O)CC(C)C)cc1)N(C)C. The van der Waals surface area contributed by atoms with Crippen molar-refractivity contribution >= 4 is 23.2 Å². The second-order valence-corrected chi connectivity index (χ2v) is 7.44. The number of benzene rings is 2. The summed E-state index contributed by atoms with van der Waals surface area (Å²) in [6.45, 7) is 6.02. The van der Waals surface area contributed by atoms with Crippen LogP contribution in [0.3, 0.4) is 0 Å². The second-order valence-electron chi connectivity index (χ2n) is 7.44. The largest absolute Gasteiger partial charge is 0.326 e. The molecule has 0 aromatic heterocycles. The van der Waals surface area contributed by atoms with E-state index >= 15 is 0 Å². The van der Waals surface area contributed by atoms with Crippen LogP contribution in [-0.2, 0) is 9.59 Å². The highest BCUT2D eigenvalue weighted by Crippen LogP contribution is 2.24. The molecule has 0 bridgehead atoms. The molecule has 144 valence electrons. The van der Waals surface area contributed by atoms with Crippen molar-refractivity contribution in [3.05, 3.63) is 59.7 Å². The minimum Gasteiger partial charge on any atom is -0.326 e. The first-order valence-corrected chi connectivity index (χ1v) is 9.20. The van der Waals surface area contributed by atoms with Crippen LogP contribution in [0, 0.1) is 12.8 Å². The van der Waals surface area contributed by atoms with Crippen molar-refractivity contribution in [1.29, 1.82) is 0 Å². The van der Waals surface area contributed by atoms with Gasteiger partial charge in [-0.05, 0) is 62.3 Å². The van der Waals surface area contributed by atoms with Gasteiger partial charge in [0, 0.05) is 17.8 Å². The van der Waals surface area contributed by atoms with Gasteiger partial charge in [0.15, 0.2) is 0 Å². The molecule has 0 saturated heterocycles. The van der Waals surface area contributed by atoms with E-state index in [1.54, 1.807) is 24.3 Å². The number of amides is 2. The molecular formula is C22H29N3O2. The lowest BCUT2D eigenvalue weighted by molar-refractivity contribution is -0.120. The maximum absolute atomic E-state index is 12.9. The smallest absolute Gasteiger partial charge is 0.246 e. The average Bonchev–Trinajstić information content (AvgIpc) is 2.57.